The molecular weight excluding hydrogens is 434 g/mol. The number of aliphatic imine (C=N–C) groups is 1. The first kappa shape index (κ1) is 29.2. The van der Waals surface area contributed by atoms with Gasteiger partial charge in [-0.2, -0.15) is 0 Å². The maximum absolute atomic E-state index is 11.9. The number of hydrogen-bond donors (Lipinski definition) is 3. The van der Waals surface area contributed by atoms with Crippen LogP contribution in [0.2, 0.25) is 0 Å². The van der Waals surface area contributed by atoms with Gasteiger partial charge in [-0.1, -0.05) is 19.9 Å². The monoisotopic (exact) mass is 467 g/mol. The Bertz CT molecular complexity index is 808. The molecule has 0 spiro atoms. The molecule has 0 aliphatic heterocycles. The van der Waals surface area contributed by atoms with Gasteiger partial charge in [0.2, 0.25) is 5.91 Å². The van der Waals surface area contributed by atoms with Crippen molar-refractivity contribution in [3.63, 3.8) is 0 Å². The average Bonchev–Trinajstić information content (AvgIpc) is 2.79. The van der Waals surface area contributed by atoms with Crippen LogP contribution in [-0.2, 0) is 14.4 Å². The van der Waals surface area contributed by atoms with E-state index in [1.807, 2.05) is 13.8 Å². The summed E-state index contributed by atoms with van der Waals surface area (Å²) in [5.41, 5.74) is 11.1. The lowest BCUT2D eigenvalue weighted by Gasteiger charge is -2.10. The van der Waals surface area contributed by atoms with Crippen molar-refractivity contribution in [1.29, 1.82) is 0 Å². The molecule has 33 heavy (non-hydrogen) atoms. The highest BCUT2D eigenvalue weighted by Crippen LogP contribution is 2.29. The van der Waals surface area contributed by atoms with E-state index in [2.05, 4.69) is 15.1 Å². The molecule has 5 N–H and O–H groups in total. The molecule has 184 valence electrons. The molecule has 1 amide bonds. The van der Waals surface area contributed by atoms with E-state index in [-0.39, 0.29) is 37.1 Å². The number of ether oxygens (including phenoxy) is 2. The Morgan fingerprint density at radius 1 is 1.18 bits per heavy atom. The minimum Gasteiger partial charge on any atom is -0.493 e. The van der Waals surface area contributed by atoms with Gasteiger partial charge in [0, 0.05) is 25.6 Å². The van der Waals surface area contributed by atoms with Crippen LogP contribution >= 0.6 is 0 Å². The van der Waals surface area contributed by atoms with Crippen LogP contribution < -0.4 is 26.3 Å². The number of nitrogens with zero attached hydrogens (tertiary/aromatic N) is 2. The van der Waals surface area contributed by atoms with Crippen molar-refractivity contribution >= 4 is 23.9 Å². The van der Waals surface area contributed by atoms with Gasteiger partial charge in [-0.15, -0.1) is 10.1 Å². The summed E-state index contributed by atoms with van der Waals surface area (Å²) in [5.74, 6) is -0.284. The molecule has 0 radical (unpaired) electrons. The number of esters is 1. The first-order valence-corrected chi connectivity index (χ1v) is 10.5. The van der Waals surface area contributed by atoms with E-state index in [0.717, 1.165) is 12.8 Å². The van der Waals surface area contributed by atoms with Gasteiger partial charge in [-0.25, -0.2) is 0 Å². The molecular formula is C21H33N5O7. The predicted molar refractivity (Wildman–Crippen MR) is 124 cm³/mol. The third kappa shape index (κ3) is 14.7. The second-order valence-corrected chi connectivity index (χ2v) is 6.18. The molecule has 0 aromatic heterocycles. The number of nitrogens with one attached hydrogen (secondary N) is 1. The summed E-state index contributed by atoms with van der Waals surface area (Å²) in [6.45, 7) is 4.81. The maximum Gasteiger partial charge on any atom is 0.311 e. The molecule has 1 aromatic rings. The highest BCUT2D eigenvalue weighted by molar-refractivity contribution is 5.91. The third-order valence-corrected chi connectivity index (χ3v) is 3.74. The Morgan fingerprint density at radius 2 is 1.91 bits per heavy atom. The van der Waals surface area contributed by atoms with Crippen molar-refractivity contribution in [2.45, 2.75) is 39.5 Å². The maximum atomic E-state index is 11.9. The van der Waals surface area contributed by atoms with Crippen LogP contribution in [0.1, 0.15) is 45.1 Å². The highest BCUT2D eigenvalue weighted by atomic mass is 16.9. The highest BCUT2D eigenvalue weighted by Gasteiger charge is 2.11. The van der Waals surface area contributed by atoms with Crippen LogP contribution in [0.15, 0.2) is 29.3 Å². The van der Waals surface area contributed by atoms with Crippen LogP contribution in [-0.4, -0.2) is 49.7 Å². The molecule has 0 fully saturated rings. The van der Waals surface area contributed by atoms with E-state index < -0.39 is 11.1 Å². The topological polar surface area (TPSA) is 181 Å². The fourth-order valence-corrected chi connectivity index (χ4v) is 2.29. The quantitative estimate of drug-likeness (QED) is 0.0537. The fourth-order valence-electron chi connectivity index (χ4n) is 2.29. The molecule has 0 aliphatic carbocycles. The zero-order valence-electron chi connectivity index (χ0n) is 19.2. The van der Waals surface area contributed by atoms with Crippen molar-refractivity contribution in [2.75, 3.05) is 26.8 Å². The Labute approximate surface area is 193 Å². The number of carbonyl (C=O) groups excluding carboxylic acids is 2. The summed E-state index contributed by atoms with van der Waals surface area (Å²) < 4.78 is 10.4. The molecule has 0 bridgehead atoms. The number of nitrogens with two attached hydrogens (primary N) is 2. The molecule has 0 saturated carbocycles. The number of carbonyl (C=O) groups is 2. The van der Waals surface area contributed by atoms with E-state index in [1.54, 1.807) is 18.2 Å². The average molecular weight is 468 g/mol. The van der Waals surface area contributed by atoms with E-state index >= 15 is 0 Å². The third-order valence-electron chi connectivity index (χ3n) is 3.74. The van der Waals surface area contributed by atoms with Crippen molar-refractivity contribution in [1.82, 2.24) is 5.32 Å². The number of guanidine groups is 1. The largest absolute Gasteiger partial charge is 0.493 e. The molecule has 0 unspecified atom stereocenters. The fraction of sp³-hybridized carbons (Fsp3) is 0.476. The molecule has 0 atom stereocenters. The van der Waals surface area contributed by atoms with Crippen LogP contribution in [0, 0.1) is 10.1 Å². The summed E-state index contributed by atoms with van der Waals surface area (Å²) >= 11 is 0. The standard InChI is InChI=1S/C19H27N5O7.C2H6/c1-29-16-13-14(7-9-17(25)22-10-2-3-11-23-19(20)21)6-8-15(16)31-18(26)5-4-12-30-24(27)28;1-2/h6-9,13H,2-5,10-12H2,1H3,(H,22,25)(H4,20,21,23);1-2H3/b9-7+;. The summed E-state index contributed by atoms with van der Waals surface area (Å²) in [6, 6.07) is 4.79. The number of benzene rings is 1. The normalized spacial score (nSPS) is 9.91. The molecule has 0 heterocycles. The number of hydrogen-bond acceptors (Lipinski definition) is 8. The Kier molecular flexibility index (Phi) is 15.7. The first-order chi connectivity index (χ1) is 15.8. The minimum absolute atomic E-state index is 0.0467. The van der Waals surface area contributed by atoms with Crippen LogP contribution in [0.5, 0.6) is 11.5 Å². The van der Waals surface area contributed by atoms with Gasteiger partial charge < -0.3 is 31.1 Å². The smallest absolute Gasteiger partial charge is 0.311 e. The minimum atomic E-state index is -0.921. The van der Waals surface area contributed by atoms with E-state index in [0.29, 0.717) is 24.4 Å². The van der Waals surface area contributed by atoms with Crippen LogP contribution in [0.25, 0.3) is 6.08 Å². The lowest BCUT2D eigenvalue weighted by atomic mass is 10.2. The van der Waals surface area contributed by atoms with Crippen molar-refractivity contribution in [2.24, 2.45) is 16.5 Å². The van der Waals surface area contributed by atoms with Gasteiger partial charge >= 0.3 is 5.97 Å². The summed E-state index contributed by atoms with van der Waals surface area (Å²) in [4.78, 5) is 41.8. The Morgan fingerprint density at radius 3 is 2.55 bits per heavy atom. The molecule has 1 rings (SSSR count). The zero-order chi connectivity index (χ0) is 25.1. The molecule has 0 saturated heterocycles. The van der Waals surface area contributed by atoms with Crippen LogP contribution in [0.3, 0.4) is 0 Å². The van der Waals surface area contributed by atoms with Gasteiger partial charge in [0.15, 0.2) is 17.5 Å². The lowest BCUT2D eigenvalue weighted by Crippen LogP contribution is -2.24. The summed E-state index contributed by atoms with van der Waals surface area (Å²) in [5, 5.41) is 11.9. The second-order valence-electron chi connectivity index (χ2n) is 6.18. The number of methoxy groups -OCH3 is 1. The Balaban J connectivity index is 0.00000497. The van der Waals surface area contributed by atoms with E-state index in [1.165, 1.54) is 19.3 Å². The van der Waals surface area contributed by atoms with Crippen LogP contribution in [0.4, 0.5) is 0 Å². The number of unbranched alkanes of at least 4 members (excludes halogenated alkanes) is 1. The van der Waals surface area contributed by atoms with Crippen molar-refractivity contribution < 1.29 is 29.0 Å². The Hall–Kier alpha value is -3.83. The number of amides is 1. The molecule has 1 aromatic carbocycles. The summed E-state index contributed by atoms with van der Waals surface area (Å²) in [7, 11) is 1.42. The van der Waals surface area contributed by atoms with Gasteiger partial charge in [0.1, 0.15) is 0 Å². The van der Waals surface area contributed by atoms with Gasteiger partial charge in [-0.3, -0.25) is 14.6 Å². The second kappa shape index (κ2) is 17.8. The van der Waals surface area contributed by atoms with Gasteiger partial charge in [0.25, 0.3) is 5.09 Å². The van der Waals surface area contributed by atoms with Gasteiger partial charge in [0.05, 0.1) is 13.7 Å². The predicted octanol–water partition coefficient (Wildman–Crippen LogP) is 1.80. The zero-order valence-corrected chi connectivity index (χ0v) is 19.2. The SMILES string of the molecule is CC.COc1cc(/C=C/C(=O)NCCCCN=C(N)N)ccc1OC(=O)CCCO[N+](=O)[O-]. The van der Waals surface area contributed by atoms with Crippen molar-refractivity contribution in [3.05, 3.63) is 40.0 Å². The lowest BCUT2D eigenvalue weighted by molar-refractivity contribution is -0.757. The molecule has 12 nitrogen and oxygen atoms in total. The van der Waals surface area contributed by atoms with Crippen molar-refractivity contribution in [3.8, 4) is 11.5 Å². The molecule has 0 aliphatic rings. The number of rotatable bonds is 14. The van der Waals surface area contributed by atoms with E-state index in [9.17, 15) is 19.7 Å². The molecule has 12 heteroatoms. The van der Waals surface area contributed by atoms with Gasteiger partial charge in [-0.05, 0) is 43.0 Å². The van der Waals surface area contributed by atoms with E-state index in [4.69, 9.17) is 20.9 Å². The first-order valence-electron chi connectivity index (χ1n) is 10.5. The summed E-state index contributed by atoms with van der Waals surface area (Å²) in [6.07, 6.45) is 4.56.